The van der Waals surface area contributed by atoms with Crippen LogP contribution in [-0.2, 0) is 27.4 Å². The van der Waals surface area contributed by atoms with Gasteiger partial charge in [-0.15, -0.1) is 0 Å². The number of methoxy groups -OCH3 is 2. The Hall–Kier alpha value is -2.91. The second kappa shape index (κ2) is 12.2. The zero-order valence-electron chi connectivity index (χ0n) is 19.4. The summed E-state index contributed by atoms with van der Waals surface area (Å²) in [6, 6.07) is 8.25. The molecule has 1 saturated heterocycles. The van der Waals surface area contributed by atoms with Gasteiger partial charge in [0.2, 0.25) is 0 Å². The summed E-state index contributed by atoms with van der Waals surface area (Å²) in [6.07, 6.45) is 5.15. The lowest BCUT2D eigenvalue weighted by Crippen LogP contribution is -2.55. The fourth-order valence-corrected chi connectivity index (χ4v) is 3.95. The topological polar surface area (TPSA) is 97.1 Å². The molecule has 1 aliphatic rings. The molecule has 1 aromatic carbocycles. The van der Waals surface area contributed by atoms with E-state index in [0.717, 1.165) is 30.9 Å². The average molecular weight is 447 g/mol. The maximum absolute atomic E-state index is 12.8. The highest BCUT2D eigenvalue weighted by Gasteiger charge is 2.42. The van der Waals surface area contributed by atoms with Crippen LogP contribution in [0, 0.1) is 0 Å². The fourth-order valence-electron chi connectivity index (χ4n) is 3.95. The lowest BCUT2D eigenvalue weighted by molar-refractivity contribution is -0.159. The Morgan fingerprint density at radius 1 is 1.28 bits per heavy atom. The fraction of sp³-hybridized carbons (Fsp3) is 0.522. The van der Waals surface area contributed by atoms with E-state index in [0.29, 0.717) is 25.9 Å². The summed E-state index contributed by atoms with van der Waals surface area (Å²) < 4.78 is 13.1. The number of rotatable bonds is 8. The lowest BCUT2D eigenvalue weighted by atomic mass is 9.89. The van der Waals surface area contributed by atoms with Gasteiger partial charge in [0.25, 0.3) is 12.4 Å². The normalized spacial score (nSPS) is 15.4. The minimum absolute atomic E-state index is 0.0908. The van der Waals surface area contributed by atoms with Crippen molar-refractivity contribution < 1.29 is 24.2 Å². The Bertz CT molecular complexity index is 848. The first kappa shape index (κ1) is 25.4. The van der Waals surface area contributed by atoms with Crippen molar-refractivity contribution in [3.8, 4) is 5.75 Å². The highest BCUT2D eigenvalue weighted by atomic mass is 16.5. The quantitative estimate of drug-likeness (QED) is 0.620. The van der Waals surface area contributed by atoms with Gasteiger partial charge in [-0.25, -0.2) is 0 Å². The number of likely N-dealkylation sites (tertiary alicyclic amines) is 1. The summed E-state index contributed by atoms with van der Waals surface area (Å²) >= 11 is 0. The van der Waals surface area contributed by atoms with E-state index in [2.05, 4.69) is 22.1 Å². The standard InChI is InChI=1S/C22H32N4O3.CH2O2/c1-5-24(2)21(27)22(29-4)9-13-25(14-10-22)16-18-7-8-20(28-3)19(15-18)17-26-12-6-11-23-26;2-1-3/h6-8,11-12,15H,5,9-10,13-14,16-17H2,1-4H3;1H,(H,2,3). The molecule has 0 radical (unpaired) electrons. The van der Waals surface area contributed by atoms with Crippen LogP contribution in [0.15, 0.2) is 36.7 Å². The maximum atomic E-state index is 12.8. The SMILES string of the molecule is CCN(C)C(=O)C1(OC)CCN(Cc2ccc(OC)c(Cn3cccn3)c2)CC1.O=CO. The molecule has 9 nitrogen and oxygen atoms in total. The third-order valence-corrected chi connectivity index (χ3v) is 5.91. The largest absolute Gasteiger partial charge is 0.496 e. The highest BCUT2D eigenvalue weighted by Crippen LogP contribution is 2.29. The van der Waals surface area contributed by atoms with Crippen molar-refractivity contribution in [2.75, 3.05) is 40.9 Å². The molecule has 0 unspecified atom stereocenters. The van der Waals surface area contributed by atoms with Crippen molar-refractivity contribution in [2.24, 2.45) is 0 Å². The van der Waals surface area contributed by atoms with Crippen LogP contribution in [0.1, 0.15) is 30.9 Å². The van der Waals surface area contributed by atoms with Gasteiger partial charge in [-0.2, -0.15) is 5.10 Å². The molecule has 0 atom stereocenters. The van der Waals surface area contributed by atoms with E-state index in [-0.39, 0.29) is 12.4 Å². The minimum Gasteiger partial charge on any atom is -0.496 e. The number of ether oxygens (including phenoxy) is 2. The molecule has 1 aromatic heterocycles. The highest BCUT2D eigenvalue weighted by molar-refractivity contribution is 5.85. The molecule has 0 aliphatic carbocycles. The van der Waals surface area contributed by atoms with Gasteiger partial charge in [0.05, 0.1) is 13.7 Å². The number of carboxylic acid groups (broad SMARTS) is 1. The Morgan fingerprint density at radius 2 is 1.97 bits per heavy atom. The number of hydrogen-bond acceptors (Lipinski definition) is 6. The average Bonchev–Trinajstić information content (AvgIpc) is 3.32. The number of carbonyl (C=O) groups is 2. The van der Waals surface area contributed by atoms with Gasteiger partial charge in [0.1, 0.15) is 11.4 Å². The van der Waals surface area contributed by atoms with E-state index >= 15 is 0 Å². The molecule has 0 spiro atoms. The Labute approximate surface area is 189 Å². The summed E-state index contributed by atoms with van der Waals surface area (Å²) in [7, 11) is 5.19. The maximum Gasteiger partial charge on any atom is 0.290 e. The van der Waals surface area contributed by atoms with E-state index < -0.39 is 5.60 Å². The Balaban J connectivity index is 0.00000114. The van der Waals surface area contributed by atoms with Gasteiger partial charge < -0.3 is 19.5 Å². The summed E-state index contributed by atoms with van der Waals surface area (Å²) in [4.78, 5) is 25.3. The van der Waals surface area contributed by atoms with Gasteiger partial charge in [-0.1, -0.05) is 6.07 Å². The van der Waals surface area contributed by atoms with Crippen molar-refractivity contribution in [1.29, 1.82) is 0 Å². The molecule has 2 heterocycles. The number of piperidine rings is 1. The summed E-state index contributed by atoms with van der Waals surface area (Å²) in [5, 5.41) is 11.2. The van der Waals surface area contributed by atoms with Crippen LogP contribution in [-0.4, -0.2) is 83.6 Å². The first-order valence-corrected chi connectivity index (χ1v) is 10.7. The number of benzene rings is 1. The molecule has 2 aromatic rings. The minimum atomic E-state index is -0.688. The van der Waals surface area contributed by atoms with Gasteiger partial charge >= 0.3 is 0 Å². The van der Waals surface area contributed by atoms with Crippen LogP contribution in [0.2, 0.25) is 0 Å². The van der Waals surface area contributed by atoms with Gasteiger partial charge in [-0.3, -0.25) is 19.2 Å². The first-order valence-electron chi connectivity index (χ1n) is 10.7. The van der Waals surface area contributed by atoms with Crippen molar-refractivity contribution in [2.45, 2.75) is 38.5 Å². The number of amides is 1. The number of likely N-dealkylation sites (N-methyl/N-ethyl adjacent to an activating group) is 1. The molecule has 0 bridgehead atoms. The zero-order chi connectivity index (χ0) is 23.6. The van der Waals surface area contributed by atoms with Crippen LogP contribution in [0.25, 0.3) is 0 Å². The van der Waals surface area contributed by atoms with Crippen LogP contribution in [0.4, 0.5) is 0 Å². The summed E-state index contributed by atoms with van der Waals surface area (Å²) in [5.41, 5.74) is 1.65. The molecule has 3 rings (SSSR count). The number of aromatic nitrogens is 2. The van der Waals surface area contributed by atoms with Crippen molar-refractivity contribution in [3.63, 3.8) is 0 Å². The monoisotopic (exact) mass is 446 g/mol. The molecule has 1 fully saturated rings. The van der Waals surface area contributed by atoms with Crippen LogP contribution < -0.4 is 4.74 Å². The predicted octanol–water partition coefficient (Wildman–Crippen LogP) is 2.10. The van der Waals surface area contributed by atoms with Gasteiger partial charge in [-0.05, 0) is 43.5 Å². The van der Waals surface area contributed by atoms with Crippen LogP contribution >= 0.6 is 0 Å². The molecule has 1 amide bonds. The van der Waals surface area contributed by atoms with E-state index in [4.69, 9.17) is 19.4 Å². The number of nitrogens with zero attached hydrogens (tertiary/aromatic N) is 4. The van der Waals surface area contributed by atoms with E-state index in [9.17, 15) is 4.79 Å². The lowest BCUT2D eigenvalue weighted by Gasteiger charge is -2.41. The summed E-state index contributed by atoms with van der Waals surface area (Å²) in [6.45, 7) is 5.61. The predicted molar refractivity (Wildman–Crippen MR) is 121 cm³/mol. The molecule has 9 heteroatoms. The van der Waals surface area contributed by atoms with Gasteiger partial charge in [0, 0.05) is 58.3 Å². The van der Waals surface area contributed by atoms with E-state index in [1.165, 1.54) is 5.56 Å². The molecule has 1 N–H and O–H groups in total. The van der Waals surface area contributed by atoms with Crippen molar-refractivity contribution >= 4 is 12.4 Å². The molecular weight excluding hydrogens is 412 g/mol. The third kappa shape index (κ3) is 6.30. The number of hydrogen-bond donors (Lipinski definition) is 1. The second-order valence-corrected chi connectivity index (χ2v) is 7.75. The van der Waals surface area contributed by atoms with Gasteiger partial charge in [0.15, 0.2) is 0 Å². The van der Waals surface area contributed by atoms with E-state index in [1.807, 2.05) is 37.0 Å². The number of carbonyl (C=O) groups excluding carboxylic acids is 1. The first-order chi connectivity index (χ1) is 15.4. The zero-order valence-corrected chi connectivity index (χ0v) is 19.4. The molecular formula is C23H34N4O5. The summed E-state index contributed by atoms with van der Waals surface area (Å²) in [5.74, 6) is 0.961. The smallest absolute Gasteiger partial charge is 0.290 e. The van der Waals surface area contributed by atoms with Crippen LogP contribution in [0.5, 0.6) is 5.75 Å². The molecule has 1 aliphatic heterocycles. The van der Waals surface area contributed by atoms with Crippen molar-refractivity contribution in [3.05, 3.63) is 47.8 Å². The third-order valence-electron chi connectivity index (χ3n) is 5.91. The van der Waals surface area contributed by atoms with Crippen LogP contribution in [0.3, 0.4) is 0 Å². The molecule has 32 heavy (non-hydrogen) atoms. The Morgan fingerprint density at radius 3 is 2.50 bits per heavy atom. The van der Waals surface area contributed by atoms with Crippen molar-refractivity contribution in [1.82, 2.24) is 19.6 Å². The molecule has 0 saturated carbocycles. The molecule has 176 valence electrons. The van der Waals surface area contributed by atoms with E-state index in [1.54, 1.807) is 25.3 Å². The Kier molecular flexibility index (Phi) is 9.67. The second-order valence-electron chi connectivity index (χ2n) is 7.75.